The molecule has 0 aliphatic carbocycles. The van der Waals surface area contributed by atoms with Crippen LogP contribution in [-0.4, -0.2) is 29.7 Å². The number of azo groups is 1. The van der Waals surface area contributed by atoms with E-state index in [1.54, 1.807) is 12.3 Å². The third-order valence-electron chi connectivity index (χ3n) is 6.74. The summed E-state index contributed by atoms with van der Waals surface area (Å²) in [7, 11) is 1.50. The lowest BCUT2D eigenvalue weighted by Crippen LogP contribution is -2.58. The van der Waals surface area contributed by atoms with E-state index < -0.39 is 11.2 Å². The van der Waals surface area contributed by atoms with Crippen LogP contribution in [0.3, 0.4) is 0 Å². The number of pyridine rings is 1. The first-order valence-corrected chi connectivity index (χ1v) is 11.0. The molecule has 1 aromatic heterocycles. The van der Waals surface area contributed by atoms with Crippen molar-refractivity contribution in [3.63, 3.8) is 0 Å². The van der Waals surface area contributed by atoms with E-state index in [-0.39, 0.29) is 17.6 Å². The number of fused-ring (bicyclic) bond motifs is 1. The van der Waals surface area contributed by atoms with E-state index in [4.69, 9.17) is 4.74 Å². The zero-order valence-electron chi connectivity index (χ0n) is 19.1. The molecule has 0 saturated heterocycles. The minimum atomic E-state index is -0.737. The molecule has 5 rings (SSSR count). The summed E-state index contributed by atoms with van der Waals surface area (Å²) in [5.74, 6) is -0.216. The maximum Gasteiger partial charge on any atom is 0.250 e. The van der Waals surface area contributed by atoms with Gasteiger partial charge in [0.25, 0.3) is 5.91 Å². The van der Waals surface area contributed by atoms with Crippen LogP contribution in [0.1, 0.15) is 39.2 Å². The summed E-state index contributed by atoms with van der Waals surface area (Å²) < 4.78 is 19.9. The van der Waals surface area contributed by atoms with Gasteiger partial charge in [-0.3, -0.25) is 4.79 Å². The molecule has 170 valence electrons. The quantitative estimate of drug-likeness (QED) is 0.728. The number of aromatic nitrogens is 1. The van der Waals surface area contributed by atoms with Crippen LogP contribution in [0.25, 0.3) is 11.1 Å². The van der Waals surface area contributed by atoms with E-state index in [0.29, 0.717) is 35.4 Å². The van der Waals surface area contributed by atoms with Crippen molar-refractivity contribution >= 4 is 5.91 Å². The van der Waals surface area contributed by atoms with Crippen molar-refractivity contribution in [3.8, 4) is 17.0 Å². The number of methoxy groups -OCH3 is 1. The molecule has 8 heteroatoms. The highest BCUT2D eigenvalue weighted by Crippen LogP contribution is 2.51. The molecule has 3 aliphatic rings. The van der Waals surface area contributed by atoms with Crippen molar-refractivity contribution in [2.24, 2.45) is 10.2 Å². The van der Waals surface area contributed by atoms with E-state index in [1.165, 1.54) is 7.11 Å². The van der Waals surface area contributed by atoms with E-state index in [9.17, 15) is 9.18 Å². The topological polar surface area (TPSA) is 88.0 Å². The fourth-order valence-corrected chi connectivity index (χ4v) is 5.31. The van der Waals surface area contributed by atoms with Gasteiger partial charge in [0, 0.05) is 34.9 Å². The van der Waals surface area contributed by atoms with Crippen molar-refractivity contribution in [2.75, 3.05) is 7.11 Å². The van der Waals surface area contributed by atoms with Crippen LogP contribution in [0.15, 0.2) is 69.8 Å². The lowest BCUT2D eigenvalue weighted by atomic mass is 9.62. The lowest BCUT2D eigenvalue weighted by Gasteiger charge is -2.48. The molecule has 2 N–H and O–H groups in total. The Hall–Kier alpha value is -3.55. The second kappa shape index (κ2) is 7.50. The van der Waals surface area contributed by atoms with Crippen LogP contribution in [0, 0.1) is 5.82 Å². The van der Waals surface area contributed by atoms with Gasteiger partial charge in [-0.2, -0.15) is 10.2 Å². The average molecular weight is 448 g/mol. The highest BCUT2D eigenvalue weighted by atomic mass is 19.1. The zero-order chi connectivity index (χ0) is 23.4. The van der Waals surface area contributed by atoms with Crippen molar-refractivity contribution < 1.29 is 13.9 Å². The van der Waals surface area contributed by atoms with Crippen LogP contribution in [-0.2, 0) is 10.2 Å². The van der Waals surface area contributed by atoms with Gasteiger partial charge < -0.3 is 15.4 Å². The fourth-order valence-electron chi connectivity index (χ4n) is 5.31. The SMILES string of the molecule is CC[C@]1(c2cccc(-c3cc(OC)ncc3F)c2)C2=CN=NC2NC2=C1C(=O)NC(C)(C)C2. The van der Waals surface area contributed by atoms with Crippen molar-refractivity contribution in [1.29, 1.82) is 0 Å². The first-order valence-electron chi connectivity index (χ1n) is 11.0. The van der Waals surface area contributed by atoms with Crippen LogP contribution in [0.4, 0.5) is 4.39 Å². The first-order chi connectivity index (χ1) is 15.8. The van der Waals surface area contributed by atoms with Crippen LogP contribution < -0.4 is 15.4 Å². The number of hydrogen-bond acceptors (Lipinski definition) is 6. The van der Waals surface area contributed by atoms with Crippen molar-refractivity contribution in [3.05, 3.63) is 71.0 Å². The molecular formula is C25H26FN5O2. The van der Waals surface area contributed by atoms with Crippen LogP contribution in [0.5, 0.6) is 5.88 Å². The molecular weight excluding hydrogens is 421 g/mol. The Kier molecular flexibility index (Phi) is 4.84. The fraction of sp³-hybridized carbons (Fsp3) is 0.360. The number of hydrogen-bond donors (Lipinski definition) is 2. The number of amides is 1. The molecule has 7 nitrogen and oxygen atoms in total. The normalized spacial score (nSPS) is 25.1. The zero-order valence-corrected chi connectivity index (χ0v) is 19.1. The summed E-state index contributed by atoms with van der Waals surface area (Å²) in [5, 5.41) is 15.2. The third-order valence-corrected chi connectivity index (χ3v) is 6.74. The lowest BCUT2D eigenvalue weighted by molar-refractivity contribution is -0.120. The summed E-state index contributed by atoms with van der Waals surface area (Å²) in [6.45, 7) is 6.07. The molecule has 0 fully saturated rings. The number of carbonyl (C=O) groups is 1. The van der Waals surface area contributed by atoms with Gasteiger partial charge in [-0.05, 0) is 37.5 Å². The van der Waals surface area contributed by atoms with Crippen molar-refractivity contribution in [2.45, 2.75) is 50.7 Å². The van der Waals surface area contributed by atoms with E-state index in [0.717, 1.165) is 23.0 Å². The largest absolute Gasteiger partial charge is 0.481 e. The number of nitrogens with one attached hydrogen (secondary N) is 2. The average Bonchev–Trinajstić information content (AvgIpc) is 3.26. The van der Waals surface area contributed by atoms with Gasteiger partial charge in [0.1, 0.15) is 5.82 Å². The van der Waals surface area contributed by atoms with Crippen molar-refractivity contribution in [1.82, 2.24) is 15.6 Å². The smallest absolute Gasteiger partial charge is 0.250 e. The number of nitrogens with zero attached hydrogens (tertiary/aromatic N) is 3. The predicted molar refractivity (Wildman–Crippen MR) is 122 cm³/mol. The molecule has 2 aromatic rings. The summed E-state index contributed by atoms with van der Waals surface area (Å²) in [6, 6.07) is 9.25. The number of carbonyl (C=O) groups excluding carboxylic acids is 1. The standard InChI is InChI=1S/C25H26FN5O2/c1-5-25(15-8-6-7-14(9-15)16-10-20(33-4)27-13-18(16)26)17-12-28-31-22(17)29-19-11-24(2,3)30-23(32)21(19)25/h6-10,12-13,22,29H,5,11H2,1-4H3,(H,30,32)/t22?,25-/m0/s1. The minimum Gasteiger partial charge on any atom is -0.481 e. The minimum absolute atomic E-state index is 0.107. The maximum absolute atomic E-state index is 14.7. The van der Waals surface area contributed by atoms with Gasteiger partial charge in [0.05, 0.1) is 30.5 Å². The third kappa shape index (κ3) is 3.23. The molecule has 2 atom stereocenters. The molecule has 0 saturated carbocycles. The van der Waals surface area contributed by atoms with Gasteiger partial charge >= 0.3 is 0 Å². The van der Waals surface area contributed by atoms with E-state index in [2.05, 4.69) is 32.8 Å². The number of ether oxygens (including phenoxy) is 1. The highest BCUT2D eigenvalue weighted by Gasteiger charge is 2.53. The molecule has 0 radical (unpaired) electrons. The number of rotatable bonds is 4. The first kappa shape index (κ1) is 21.3. The molecule has 33 heavy (non-hydrogen) atoms. The number of benzene rings is 1. The highest BCUT2D eigenvalue weighted by molar-refractivity contribution is 6.00. The Morgan fingerprint density at radius 1 is 1.27 bits per heavy atom. The van der Waals surface area contributed by atoms with E-state index in [1.807, 2.05) is 38.1 Å². The molecule has 1 amide bonds. The molecule has 4 heterocycles. The summed E-state index contributed by atoms with van der Waals surface area (Å²) >= 11 is 0. The van der Waals surface area contributed by atoms with Gasteiger partial charge in [-0.1, -0.05) is 25.1 Å². The summed E-state index contributed by atoms with van der Waals surface area (Å²) in [4.78, 5) is 17.4. The summed E-state index contributed by atoms with van der Waals surface area (Å²) in [5.41, 5.74) is 3.34. The molecule has 0 bridgehead atoms. The monoisotopic (exact) mass is 447 g/mol. The van der Waals surface area contributed by atoms with E-state index >= 15 is 0 Å². The predicted octanol–water partition coefficient (Wildman–Crippen LogP) is 4.38. The molecule has 1 aromatic carbocycles. The van der Waals surface area contributed by atoms with Crippen LogP contribution in [0.2, 0.25) is 0 Å². The van der Waals surface area contributed by atoms with Gasteiger partial charge in [-0.15, -0.1) is 0 Å². The maximum atomic E-state index is 14.7. The van der Waals surface area contributed by atoms with Gasteiger partial charge in [0.15, 0.2) is 6.17 Å². The second-order valence-electron chi connectivity index (χ2n) is 9.28. The second-order valence-corrected chi connectivity index (χ2v) is 9.28. The summed E-state index contributed by atoms with van der Waals surface area (Å²) in [6.07, 6.45) is 3.87. The molecule has 1 unspecified atom stereocenters. The Morgan fingerprint density at radius 2 is 2.09 bits per heavy atom. The molecule has 0 spiro atoms. The Balaban J connectivity index is 1.73. The Morgan fingerprint density at radius 3 is 2.85 bits per heavy atom. The van der Waals surface area contributed by atoms with Crippen LogP contribution >= 0.6 is 0 Å². The van der Waals surface area contributed by atoms with Gasteiger partial charge in [0.2, 0.25) is 5.88 Å². The van der Waals surface area contributed by atoms with Gasteiger partial charge in [-0.25, -0.2) is 9.37 Å². The Labute approximate surface area is 191 Å². The molecule has 3 aliphatic heterocycles. The number of halogens is 1. The Bertz CT molecular complexity index is 1250.